The fraction of sp³-hybridized carbons (Fsp3) is 0.900. The van der Waals surface area contributed by atoms with Crippen LogP contribution in [0.15, 0.2) is 0 Å². The predicted molar refractivity (Wildman–Crippen MR) is 55.2 cm³/mol. The summed E-state index contributed by atoms with van der Waals surface area (Å²) in [5.74, 6) is -0.241. The third kappa shape index (κ3) is 6.86. The third-order valence-corrected chi connectivity index (χ3v) is 1.90. The van der Waals surface area contributed by atoms with Gasteiger partial charge in [-0.3, -0.25) is 4.79 Å². The molecule has 0 aliphatic heterocycles. The Morgan fingerprint density at radius 3 is 2.79 bits per heavy atom. The van der Waals surface area contributed by atoms with Crippen molar-refractivity contribution in [2.24, 2.45) is 5.92 Å². The molecule has 0 aliphatic rings. The van der Waals surface area contributed by atoms with Crippen molar-refractivity contribution in [3.05, 3.63) is 0 Å². The predicted octanol–water partition coefficient (Wildman–Crippen LogP) is 0.812. The Kier molecular flexibility index (Phi) is 8.57. The fourth-order valence-electron chi connectivity index (χ4n) is 1.05. The quantitative estimate of drug-likeness (QED) is 0.468. The maximum absolute atomic E-state index is 11.0. The Hall–Kier alpha value is -0.610. The highest BCUT2D eigenvalue weighted by molar-refractivity contribution is 5.71. The molecule has 0 saturated carbocycles. The number of nitrogens with one attached hydrogen (secondary N) is 1. The molecule has 0 heterocycles. The van der Waals surface area contributed by atoms with Gasteiger partial charge < -0.3 is 14.8 Å². The van der Waals surface area contributed by atoms with Crippen molar-refractivity contribution in [2.45, 2.75) is 20.3 Å². The zero-order valence-corrected chi connectivity index (χ0v) is 9.34. The van der Waals surface area contributed by atoms with E-state index in [4.69, 9.17) is 4.74 Å². The minimum absolute atomic E-state index is 0.0768. The molecule has 1 N–H and O–H groups in total. The van der Waals surface area contributed by atoms with Gasteiger partial charge in [0.15, 0.2) is 0 Å². The largest absolute Gasteiger partial charge is 0.469 e. The van der Waals surface area contributed by atoms with E-state index < -0.39 is 0 Å². The number of ether oxygens (including phenoxy) is 2. The fourth-order valence-corrected chi connectivity index (χ4v) is 1.05. The Balaban J connectivity index is 3.23. The van der Waals surface area contributed by atoms with Crippen molar-refractivity contribution in [1.82, 2.24) is 5.32 Å². The first-order valence-electron chi connectivity index (χ1n) is 5.08. The van der Waals surface area contributed by atoms with Gasteiger partial charge in [0.1, 0.15) is 0 Å². The number of rotatable bonds is 8. The number of hydrogen-bond donors (Lipinski definition) is 1. The van der Waals surface area contributed by atoms with Gasteiger partial charge in [-0.15, -0.1) is 0 Å². The second kappa shape index (κ2) is 8.97. The second-order valence-corrected chi connectivity index (χ2v) is 3.18. The molecule has 84 valence electrons. The molecule has 14 heavy (non-hydrogen) atoms. The normalized spacial score (nSPS) is 12.5. The molecule has 0 radical (unpaired) electrons. The highest BCUT2D eigenvalue weighted by Gasteiger charge is 2.11. The van der Waals surface area contributed by atoms with E-state index in [-0.39, 0.29) is 11.9 Å². The molecule has 0 bridgehead atoms. The van der Waals surface area contributed by atoms with Crippen LogP contribution in [0.2, 0.25) is 0 Å². The standard InChI is InChI=1S/C10H21NO3/c1-4-14-7-5-6-11-8-9(2)10(12)13-3/h9,11H,4-8H2,1-3H3/t9-/m1/s1. The summed E-state index contributed by atoms with van der Waals surface area (Å²) < 4.78 is 9.78. The van der Waals surface area contributed by atoms with Crippen molar-refractivity contribution in [3.63, 3.8) is 0 Å². The van der Waals surface area contributed by atoms with Gasteiger partial charge in [-0.1, -0.05) is 6.92 Å². The van der Waals surface area contributed by atoms with Crippen LogP contribution >= 0.6 is 0 Å². The maximum Gasteiger partial charge on any atom is 0.309 e. The van der Waals surface area contributed by atoms with E-state index in [1.807, 2.05) is 13.8 Å². The van der Waals surface area contributed by atoms with Crippen molar-refractivity contribution in [3.8, 4) is 0 Å². The van der Waals surface area contributed by atoms with E-state index in [0.29, 0.717) is 6.54 Å². The summed E-state index contributed by atoms with van der Waals surface area (Å²) in [7, 11) is 1.41. The molecule has 1 atom stereocenters. The first-order chi connectivity index (χ1) is 6.72. The summed E-state index contributed by atoms with van der Waals surface area (Å²) in [5, 5.41) is 3.18. The Labute approximate surface area is 86.0 Å². The zero-order chi connectivity index (χ0) is 10.8. The van der Waals surface area contributed by atoms with Crippen LogP contribution in [0.3, 0.4) is 0 Å². The van der Waals surface area contributed by atoms with E-state index in [9.17, 15) is 4.79 Å². The molecule has 0 aromatic heterocycles. The monoisotopic (exact) mass is 203 g/mol. The number of carbonyl (C=O) groups is 1. The first-order valence-corrected chi connectivity index (χ1v) is 5.08. The maximum atomic E-state index is 11.0. The minimum Gasteiger partial charge on any atom is -0.469 e. The van der Waals surface area contributed by atoms with Gasteiger partial charge in [0, 0.05) is 19.8 Å². The lowest BCUT2D eigenvalue weighted by molar-refractivity contribution is -0.144. The highest BCUT2D eigenvalue weighted by atomic mass is 16.5. The Bertz CT molecular complexity index is 150. The van der Waals surface area contributed by atoms with Crippen LogP contribution in [0.5, 0.6) is 0 Å². The van der Waals surface area contributed by atoms with Crippen LogP contribution in [0.25, 0.3) is 0 Å². The molecule has 0 saturated heterocycles. The van der Waals surface area contributed by atoms with Gasteiger partial charge in [0.05, 0.1) is 13.0 Å². The van der Waals surface area contributed by atoms with E-state index in [1.54, 1.807) is 0 Å². The van der Waals surface area contributed by atoms with Crippen LogP contribution in [0, 0.1) is 5.92 Å². The molecule has 0 unspecified atom stereocenters. The summed E-state index contributed by atoms with van der Waals surface area (Å²) in [6.07, 6.45) is 0.974. The lowest BCUT2D eigenvalue weighted by atomic mass is 10.2. The second-order valence-electron chi connectivity index (χ2n) is 3.18. The number of carbonyl (C=O) groups excluding carboxylic acids is 1. The average Bonchev–Trinajstić information content (AvgIpc) is 2.21. The topological polar surface area (TPSA) is 47.6 Å². The van der Waals surface area contributed by atoms with E-state index >= 15 is 0 Å². The van der Waals surface area contributed by atoms with Crippen molar-refractivity contribution >= 4 is 5.97 Å². The van der Waals surface area contributed by atoms with Gasteiger partial charge in [0.2, 0.25) is 0 Å². The summed E-state index contributed by atoms with van der Waals surface area (Å²) in [6, 6.07) is 0. The number of methoxy groups -OCH3 is 1. The van der Waals surface area contributed by atoms with Gasteiger partial charge >= 0.3 is 5.97 Å². The molecule has 0 aromatic carbocycles. The lowest BCUT2D eigenvalue weighted by Crippen LogP contribution is -2.28. The Morgan fingerprint density at radius 1 is 1.50 bits per heavy atom. The minimum atomic E-state index is -0.165. The van der Waals surface area contributed by atoms with Crippen molar-refractivity contribution in [1.29, 1.82) is 0 Å². The molecule has 0 rings (SSSR count). The SMILES string of the molecule is CCOCCCNC[C@@H](C)C(=O)OC. The van der Waals surface area contributed by atoms with Crippen molar-refractivity contribution in [2.75, 3.05) is 33.4 Å². The molecule has 4 nitrogen and oxygen atoms in total. The van der Waals surface area contributed by atoms with Crippen LogP contribution < -0.4 is 5.32 Å². The van der Waals surface area contributed by atoms with Crippen LogP contribution in [0.4, 0.5) is 0 Å². The summed E-state index contributed by atoms with van der Waals surface area (Å²) in [5.41, 5.74) is 0. The molecule has 4 heteroatoms. The molecule has 0 fully saturated rings. The van der Waals surface area contributed by atoms with Gasteiger partial charge in [0.25, 0.3) is 0 Å². The number of esters is 1. The summed E-state index contributed by atoms with van der Waals surface area (Å²) >= 11 is 0. The molecular formula is C10H21NO3. The van der Waals surface area contributed by atoms with Crippen molar-refractivity contribution < 1.29 is 14.3 Å². The zero-order valence-electron chi connectivity index (χ0n) is 9.34. The van der Waals surface area contributed by atoms with E-state index in [1.165, 1.54) is 7.11 Å². The van der Waals surface area contributed by atoms with Crippen LogP contribution in [-0.2, 0) is 14.3 Å². The molecular weight excluding hydrogens is 182 g/mol. The summed E-state index contributed by atoms with van der Waals surface area (Å²) in [6.45, 7) is 6.91. The third-order valence-electron chi connectivity index (χ3n) is 1.90. The molecule has 0 aliphatic carbocycles. The van der Waals surface area contributed by atoms with Crippen LogP contribution in [0.1, 0.15) is 20.3 Å². The molecule has 0 aromatic rings. The van der Waals surface area contributed by atoms with E-state index in [0.717, 1.165) is 26.2 Å². The average molecular weight is 203 g/mol. The highest BCUT2D eigenvalue weighted by Crippen LogP contribution is 1.94. The van der Waals surface area contributed by atoms with E-state index in [2.05, 4.69) is 10.1 Å². The molecule has 0 spiro atoms. The Morgan fingerprint density at radius 2 is 2.21 bits per heavy atom. The molecule has 0 amide bonds. The van der Waals surface area contributed by atoms with Gasteiger partial charge in [-0.05, 0) is 19.9 Å². The van der Waals surface area contributed by atoms with Gasteiger partial charge in [-0.25, -0.2) is 0 Å². The lowest BCUT2D eigenvalue weighted by Gasteiger charge is -2.10. The smallest absolute Gasteiger partial charge is 0.309 e. The number of hydrogen-bond acceptors (Lipinski definition) is 4. The van der Waals surface area contributed by atoms with Gasteiger partial charge in [-0.2, -0.15) is 0 Å². The summed E-state index contributed by atoms with van der Waals surface area (Å²) in [4.78, 5) is 11.0. The first kappa shape index (κ1) is 13.4. The van der Waals surface area contributed by atoms with Crippen LogP contribution in [-0.4, -0.2) is 39.4 Å².